The number of rotatable bonds is 5. The Labute approximate surface area is 147 Å². The monoisotopic (exact) mass is 366 g/mol. The molecule has 0 spiro atoms. The van der Waals surface area contributed by atoms with Gasteiger partial charge in [0.15, 0.2) is 0 Å². The maximum absolute atomic E-state index is 12.6. The van der Waals surface area contributed by atoms with Crippen LogP contribution in [0.2, 0.25) is 0 Å². The van der Waals surface area contributed by atoms with Crippen LogP contribution in [-0.4, -0.2) is 47.9 Å². The average molecular weight is 366 g/mol. The highest BCUT2D eigenvalue weighted by atomic mass is 32.2. The molecule has 9 heteroatoms. The lowest BCUT2D eigenvalue weighted by Gasteiger charge is -2.28. The number of carbonyl (C=O) groups is 1. The predicted molar refractivity (Wildman–Crippen MR) is 91.3 cm³/mol. The number of morpholine rings is 1. The molecule has 0 aromatic carbocycles. The maximum atomic E-state index is 12.6. The summed E-state index contributed by atoms with van der Waals surface area (Å²) < 4.78 is 30.5. The first-order chi connectivity index (χ1) is 12.1. The summed E-state index contributed by atoms with van der Waals surface area (Å²) in [6.07, 6.45) is 3.04. The number of carbonyl (C=O) groups excluding carboxylic acids is 1. The number of thioether (sulfide) groups is 1. The van der Waals surface area contributed by atoms with Crippen molar-refractivity contribution < 1.29 is 18.3 Å². The molecule has 2 aromatic rings. The molecule has 0 bridgehead atoms. The van der Waals surface area contributed by atoms with Gasteiger partial charge < -0.3 is 15.0 Å². The molecule has 0 aliphatic carbocycles. The molecule has 0 atom stereocenters. The van der Waals surface area contributed by atoms with E-state index >= 15 is 0 Å². The fourth-order valence-electron chi connectivity index (χ4n) is 2.39. The highest BCUT2D eigenvalue weighted by Crippen LogP contribution is 2.26. The van der Waals surface area contributed by atoms with Crippen molar-refractivity contribution in [3.05, 3.63) is 42.2 Å². The number of halogens is 2. The lowest BCUT2D eigenvalue weighted by Crippen LogP contribution is -2.36. The van der Waals surface area contributed by atoms with Crippen LogP contribution in [0.5, 0.6) is 0 Å². The third-order valence-electron chi connectivity index (χ3n) is 3.58. The Kier molecular flexibility index (Phi) is 5.77. The van der Waals surface area contributed by atoms with Crippen LogP contribution in [0.3, 0.4) is 0 Å². The first kappa shape index (κ1) is 17.6. The summed E-state index contributed by atoms with van der Waals surface area (Å²) in [5.74, 6) is -2.82. The maximum Gasteiger partial charge on any atom is 0.290 e. The highest BCUT2D eigenvalue weighted by molar-refractivity contribution is 7.99. The number of anilines is 2. The lowest BCUT2D eigenvalue weighted by atomic mass is 10.2. The second-order valence-electron chi connectivity index (χ2n) is 5.19. The van der Waals surface area contributed by atoms with E-state index in [1.165, 1.54) is 18.3 Å². The number of alkyl halides is 2. The highest BCUT2D eigenvalue weighted by Gasteiger charge is 2.17. The van der Waals surface area contributed by atoms with Gasteiger partial charge in [-0.15, -0.1) is 0 Å². The molecule has 132 valence electrons. The number of hydrogen-bond donors (Lipinski definition) is 1. The molecular weight excluding hydrogens is 350 g/mol. The molecule has 25 heavy (non-hydrogen) atoms. The van der Waals surface area contributed by atoms with Crippen molar-refractivity contribution in [1.82, 2.24) is 9.97 Å². The van der Waals surface area contributed by atoms with Gasteiger partial charge in [0.1, 0.15) is 10.8 Å². The van der Waals surface area contributed by atoms with Gasteiger partial charge in [0.05, 0.1) is 30.7 Å². The van der Waals surface area contributed by atoms with Crippen molar-refractivity contribution in [1.29, 1.82) is 0 Å². The second kappa shape index (κ2) is 8.21. The van der Waals surface area contributed by atoms with Crippen molar-refractivity contribution in [2.24, 2.45) is 0 Å². The summed E-state index contributed by atoms with van der Waals surface area (Å²) in [6, 6.07) is 6.51. The Morgan fingerprint density at radius 3 is 2.72 bits per heavy atom. The minimum atomic E-state index is -2.65. The zero-order valence-corrected chi connectivity index (χ0v) is 14.0. The predicted octanol–water partition coefficient (Wildman–Crippen LogP) is 2.88. The van der Waals surface area contributed by atoms with Crippen LogP contribution in [0.25, 0.3) is 0 Å². The van der Waals surface area contributed by atoms with Crippen molar-refractivity contribution in [3.8, 4) is 0 Å². The van der Waals surface area contributed by atoms with E-state index in [9.17, 15) is 13.6 Å². The average Bonchev–Trinajstić information content (AvgIpc) is 2.63. The minimum Gasteiger partial charge on any atom is -0.378 e. The zero-order valence-electron chi connectivity index (χ0n) is 13.2. The van der Waals surface area contributed by atoms with Crippen LogP contribution in [0.4, 0.5) is 20.3 Å². The Morgan fingerprint density at radius 1 is 1.24 bits per heavy atom. The Morgan fingerprint density at radius 2 is 2.04 bits per heavy atom. The first-order valence-corrected chi connectivity index (χ1v) is 8.51. The molecule has 3 heterocycles. The summed E-state index contributed by atoms with van der Waals surface area (Å²) in [5.41, 5.74) is 1.03. The number of aromatic nitrogens is 2. The normalized spacial score (nSPS) is 14.6. The lowest BCUT2D eigenvalue weighted by molar-refractivity contribution is 0.102. The molecular formula is C16H16F2N4O2S. The fraction of sp³-hybridized carbons (Fsp3) is 0.312. The van der Waals surface area contributed by atoms with E-state index in [1.54, 1.807) is 12.3 Å². The molecule has 0 radical (unpaired) electrons. The van der Waals surface area contributed by atoms with Crippen molar-refractivity contribution >= 4 is 29.2 Å². The molecule has 1 N–H and O–H groups in total. The minimum absolute atomic E-state index is 0.0139. The molecule has 1 saturated heterocycles. The molecule has 1 aliphatic rings. The number of hydrogen-bond acceptors (Lipinski definition) is 6. The smallest absolute Gasteiger partial charge is 0.290 e. The Bertz CT molecular complexity index is 724. The van der Waals surface area contributed by atoms with Gasteiger partial charge in [-0.3, -0.25) is 4.79 Å². The van der Waals surface area contributed by atoms with Gasteiger partial charge in [-0.05, 0) is 36.0 Å². The van der Waals surface area contributed by atoms with Gasteiger partial charge in [0, 0.05) is 19.3 Å². The van der Waals surface area contributed by atoms with Crippen molar-refractivity contribution in [2.75, 3.05) is 36.5 Å². The van der Waals surface area contributed by atoms with E-state index in [1.807, 2.05) is 6.07 Å². The van der Waals surface area contributed by atoms with E-state index in [4.69, 9.17) is 4.74 Å². The van der Waals surface area contributed by atoms with Gasteiger partial charge in [-0.2, -0.15) is 8.78 Å². The van der Waals surface area contributed by atoms with Crippen LogP contribution < -0.4 is 10.2 Å². The van der Waals surface area contributed by atoms with E-state index in [-0.39, 0.29) is 22.4 Å². The molecule has 1 amide bonds. The van der Waals surface area contributed by atoms with Gasteiger partial charge in [0.25, 0.3) is 11.7 Å². The summed E-state index contributed by atoms with van der Waals surface area (Å²) in [7, 11) is 0. The summed E-state index contributed by atoms with van der Waals surface area (Å²) in [4.78, 5) is 22.5. The molecule has 1 fully saturated rings. The van der Waals surface area contributed by atoms with Crippen LogP contribution in [-0.2, 0) is 4.74 Å². The standard InChI is InChI=1S/C16H16F2N4O2S/c17-16(18)25-15-12(2-1-5-19-15)14(23)21-13-4-3-11(10-20-13)22-6-8-24-9-7-22/h1-5,10,16H,6-9H2,(H,20,21,23). The fourth-order valence-corrected chi connectivity index (χ4v) is 2.97. The van der Waals surface area contributed by atoms with E-state index in [0.717, 1.165) is 18.8 Å². The van der Waals surface area contributed by atoms with Crippen molar-refractivity contribution in [3.63, 3.8) is 0 Å². The van der Waals surface area contributed by atoms with E-state index in [0.29, 0.717) is 19.0 Å². The first-order valence-electron chi connectivity index (χ1n) is 7.63. The number of amides is 1. The third kappa shape index (κ3) is 4.64. The molecule has 3 rings (SSSR count). The third-order valence-corrected chi connectivity index (χ3v) is 4.31. The van der Waals surface area contributed by atoms with Gasteiger partial charge in [-0.25, -0.2) is 9.97 Å². The summed E-state index contributed by atoms with van der Waals surface area (Å²) in [6.45, 7) is 2.92. The van der Waals surface area contributed by atoms with Gasteiger partial charge in [0.2, 0.25) is 0 Å². The topological polar surface area (TPSA) is 67.4 Å². The largest absolute Gasteiger partial charge is 0.378 e. The summed E-state index contributed by atoms with van der Waals surface area (Å²) >= 11 is 0.241. The molecule has 0 unspecified atom stereocenters. The molecule has 2 aromatic heterocycles. The number of ether oxygens (including phenoxy) is 1. The molecule has 6 nitrogen and oxygen atoms in total. The van der Waals surface area contributed by atoms with E-state index < -0.39 is 11.7 Å². The van der Waals surface area contributed by atoms with Crippen LogP contribution >= 0.6 is 11.8 Å². The Hall–Kier alpha value is -2.26. The molecule has 0 saturated carbocycles. The van der Waals surface area contributed by atoms with Gasteiger partial charge in [-0.1, -0.05) is 0 Å². The SMILES string of the molecule is O=C(Nc1ccc(N2CCOCC2)cn1)c1cccnc1SC(F)F. The number of nitrogens with one attached hydrogen (secondary N) is 1. The van der Waals surface area contributed by atoms with Crippen molar-refractivity contribution in [2.45, 2.75) is 10.8 Å². The van der Waals surface area contributed by atoms with Crippen LogP contribution in [0, 0.1) is 0 Å². The van der Waals surface area contributed by atoms with E-state index in [2.05, 4.69) is 20.2 Å². The zero-order chi connectivity index (χ0) is 17.6. The summed E-state index contributed by atoms with van der Waals surface area (Å²) in [5, 5.41) is 2.60. The van der Waals surface area contributed by atoms with Crippen LogP contribution in [0.1, 0.15) is 10.4 Å². The van der Waals surface area contributed by atoms with Gasteiger partial charge >= 0.3 is 0 Å². The number of pyridine rings is 2. The number of nitrogens with zero attached hydrogens (tertiary/aromatic N) is 3. The second-order valence-corrected chi connectivity index (χ2v) is 6.17. The quantitative estimate of drug-likeness (QED) is 0.821. The molecule has 1 aliphatic heterocycles. The Balaban J connectivity index is 1.69. The van der Waals surface area contributed by atoms with Crippen LogP contribution in [0.15, 0.2) is 41.7 Å².